The predicted octanol–water partition coefficient (Wildman–Crippen LogP) is 5.31. The molecule has 6 nitrogen and oxygen atoms in total. The number of hydrogen-bond acceptors (Lipinski definition) is 5. The van der Waals surface area contributed by atoms with Gasteiger partial charge in [-0.05, 0) is 52.2 Å². The van der Waals surface area contributed by atoms with Crippen molar-refractivity contribution in [2.45, 2.75) is 66.2 Å². The van der Waals surface area contributed by atoms with Gasteiger partial charge in [-0.25, -0.2) is 0 Å². The summed E-state index contributed by atoms with van der Waals surface area (Å²) in [5.74, 6) is 2.70. The average Bonchev–Trinajstić information content (AvgIpc) is 3.35. The van der Waals surface area contributed by atoms with Crippen molar-refractivity contribution in [1.82, 2.24) is 19.3 Å². The summed E-state index contributed by atoms with van der Waals surface area (Å²) in [5, 5.41) is 9.41. The van der Waals surface area contributed by atoms with E-state index in [2.05, 4.69) is 42.5 Å². The van der Waals surface area contributed by atoms with Gasteiger partial charge >= 0.3 is 0 Å². The van der Waals surface area contributed by atoms with E-state index in [1.54, 1.807) is 6.26 Å². The lowest BCUT2D eigenvalue weighted by molar-refractivity contribution is 0.102. The maximum Gasteiger partial charge on any atom is 0.191 e. The molecular weight excluding hydrogens is 384 g/mol. The molecule has 0 saturated heterocycles. The van der Waals surface area contributed by atoms with E-state index in [1.165, 1.54) is 11.8 Å². The third kappa shape index (κ3) is 4.50. The standard InChI is InChI=1S/C22H30N4O2S/c1-7-25-21(18-9-11-28-17(18)6)23-24-22(25)29-13-20(27)19-12-15(4)26(16(19)5)10-8-14(2)3/h9,11-12,14H,7-8,10,13H2,1-6H3. The van der Waals surface area contributed by atoms with Gasteiger partial charge in [0.2, 0.25) is 0 Å². The second-order valence-corrected chi connectivity index (χ2v) is 8.71. The Hall–Kier alpha value is -2.28. The molecule has 7 heteroatoms. The number of thioether (sulfide) groups is 1. The lowest BCUT2D eigenvalue weighted by atomic mass is 10.1. The first kappa shape index (κ1) is 21.4. The molecule has 0 bridgehead atoms. The lowest BCUT2D eigenvalue weighted by Gasteiger charge is -2.11. The third-order valence-electron chi connectivity index (χ3n) is 5.27. The van der Waals surface area contributed by atoms with Crippen molar-refractivity contribution in [2.75, 3.05) is 5.75 Å². The predicted molar refractivity (Wildman–Crippen MR) is 117 cm³/mol. The van der Waals surface area contributed by atoms with Crippen LogP contribution in [0.4, 0.5) is 0 Å². The van der Waals surface area contributed by atoms with E-state index in [9.17, 15) is 4.79 Å². The summed E-state index contributed by atoms with van der Waals surface area (Å²) in [6, 6.07) is 3.92. The zero-order valence-electron chi connectivity index (χ0n) is 18.2. The quantitative estimate of drug-likeness (QED) is 0.351. The molecule has 0 radical (unpaired) electrons. The molecule has 0 aliphatic heterocycles. The molecule has 0 atom stereocenters. The first-order chi connectivity index (χ1) is 13.8. The molecule has 0 saturated carbocycles. The molecule has 0 aromatic carbocycles. The molecule has 0 N–H and O–H groups in total. The molecule has 0 aliphatic rings. The van der Waals surface area contributed by atoms with Gasteiger partial charge in [0.15, 0.2) is 16.8 Å². The van der Waals surface area contributed by atoms with E-state index in [-0.39, 0.29) is 5.78 Å². The normalized spacial score (nSPS) is 11.6. The second kappa shape index (κ2) is 9.03. The Balaban J connectivity index is 1.74. The smallest absolute Gasteiger partial charge is 0.191 e. The number of rotatable bonds is 9. The van der Waals surface area contributed by atoms with Gasteiger partial charge in [0.05, 0.1) is 17.6 Å². The number of aryl methyl sites for hydroxylation is 2. The number of nitrogens with zero attached hydrogens (tertiary/aromatic N) is 4. The van der Waals surface area contributed by atoms with Crippen molar-refractivity contribution >= 4 is 17.5 Å². The van der Waals surface area contributed by atoms with Crippen molar-refractivity contribution in [1.29, 1.82) is 0 Å². The van der Waals surface area contributed by atoms with Gasteiger partial charge < -0.3 is 13.6 Å². The van der Waals surface area contributed by atoms with Crippen LogP contribution >= 0.6 is 11.8 Å². The fourth-order valence-electron chi connectivity index (χ4n) is 3.52. The summed E-state index contributed by atoms with van der Waals surface area (Å²) < 4.78 is 9.69. The number of Topliss-reactive ketones (excluding diaryl/α,β-unsaturated/α-hetero) is 1. The maximum absolute atomic E-state index is 12.9. The van der Waals surface area contributed by atoms with Crippen LogP contribution in [0.2, 0.25) is 0 Å². The lowest BCUT2D eigenvalue weighted by Crippen LogP contribution is -2.09. The molecule has 3 heterocycles. The van der Waals surface area contributed by atoms with E-state index >= 15 is 0 Å². The van der Waals surface area contributed by atoms with Crippen molar-refractivity contribution < 1.29 is 9.21 Å². The van der Waals surface area contributed by atoms with Crippen LogP contribution in [0.5, 0.6) is 0 Å². The van der Waals surface area contributed by atoms with Gasteiger partial charge in [0, 0.05) is 30.0 Å². The third-order valence-corrected chi connectivity index (χ3v) is 6.24. The van der Waals surface area contributed by atoms with E-state index in [0.717, 1.165) is 58.8 Å². The zero-order valence-corrected chi connectivity index (χ0v) is 19.0. The topological polar surface area (TPSA) is 65.8 Å². The number of aromatic nitrogens is 4. The minimum atomic E-state index is 0.130. The van der Waals surface area contributed by atoms with E-state index in [4.69, 9.17) is 4.42 Å². The zero-order chi connectivity index (χ0) is 21.1. The highest BCUT2D eigenvalue weighted by Gasteiger charge is 2.20. The van der Waals surface area contributed by atoms with Crippen LogP contribution in [0.25, 0.3) is 11.4 Å². The molecule has 29 heavy (non-hydrogen) atoms. The Kier molecular flexibility index (Phi) is 6.67. The summed E-state index contributed by atoms with van der Waals surface area (Å²) in [4.78, 5) is 12.9. The molecular formula is C22H30N4O2S. The first-order valence-electron chi connectivity index (χ1n) is 10.1. The average molecular weight is 415 g/mol. The van der Waals surface area contributed by atoms with Crippen LogP contribution in [-0.4, -0.2) is 30.9 Å². The van der Waals surface area contributed by atoms with Crippen LogP contribution in [-0.2, 0) is 13.1 Å². The number of furan rings is 1. The Morgan fingerprint density at radius 2 is 1.97 bits per heavy atom. The molecule has 156 valence electrons. The molecule has 0 aliphatic carbocycles. The number of carbonyl (C=O) groups excluding carboxylic acids is 1. The van der Waals surface area contributed by atoms with Gasteiger partial charge in [0.25, 0.3) is 0 Å². The van der Waals surface area contributed by atoms with E-state index in [0.29, 0.717) is 11.7 Å². The van der Waals surface area contributed by atoms with E-state index < -0.39 is 0 Å². The molecule has 0 spiro atoms. The highest BCUT2D eigenvalue weighted by molar-refractivity contribution is 7.99. The Morgan fingerprint density at radius 3 is 2.59 bits per heavy atom. The summed E-state index contributed by atoms with van der Waals surface area (Å²) in [7, 11) is 0. The summed E-state index contributed by atoms with van der Waals surface area (Å²) >= 11 is 1.44. The minimum absolute atomic E-state index is 0.130. The highest BCUT2D eigenvalue weighted by Crippen LogP contribution is 2.28. The molecule has 0 fully saturated rings. The van der Waals surface area contributed by atoms with Crippen LogP contribution in [0.3, 0.4) is 0 Å². The van der Waals surface area contributed by atoms with Crippen LogP contribution < -0.4 is 0 Å². The fraction of sp³-hybridized carbons (Fsp3) is 0.500. The number of ketones is 1. The summed E-state index contributed by atoms with van der Waals surface area (Å²) in [5.41, 5.74) is 3.95. The van der Waals surface area contributed by atoms with Gasteiger partial charge in [-0.3, -0.25) is 4.79 Å². The maximum atomic E-state index is 12.9. The molecule has 0 unspecified atom stereocenters. The van der Waals surface area contributed by atoms with Crippen molar-refractivity contribution in [3.05, 3.63) is 41.1 Å². The Labute approximate surface area is 176 Å². The van der Waals surface area contributed by atoms with Crippen LogP contribution in [0.15, 0.2) is 28.0 Å². The number of hydrogen-bond donors (Lipinski definition) is 0. The summed E-state index contributed by atoms with van der Waals surface area (Å²) in [6.07, 6.45) is 2.76. The van der Waals surface area contributed by atoms with E-state index in [1.807, 2.05) is 30.5 Å². The van der Waals surface area contributed by atoms with Gasteiger partial charge in [-0.2, -0.15) is 0 Å². The van der Waals surface area contributed by atoms with Gasteiger partial charge in [-0.1, -0.05) is 25.6 Å². The monoisotopic (exact) mass is 414 g/mol. The molecule has 0 amide bonds. The highest BCUT2D eigenvalue weighted by atomic mass is 32.2. The van der Waals surface area contributed by atoms with Crippen LogP contribution in [0, 0.1) is 26.7 Å². The summed E-state index contributed by atoms with van der Waals surface area (Å²) in [6.45, 7) is 14.2. The van der Waals surface area contributed by atoms with Crippen molar-refractivity contribution in [3.8, 4) is 11.4 Å². The second-order valence-electron chi connectivity index (χ2n) is 7.77. The minimum Gasteiger partial charge on any atom is -0.469 e. The largest absolute Gasteiger partial charge is 0.469 e. The molecule has 3 aromatic heterocycles. The van der Waals surface area contributed by atoms with Gasteiger partial charge in [0.1, 0.15) is 5.76 Å². The molecule has 3 rings (SSSR count). The molecule has 3 aromatic rings. The first-order valence-corrected chi connectivity index (χ1v) is 11.1. The van der Waals surface area contributed by atoms with Gasteiger partial charge in [-0.15, -0.1) is 10.2 Å². The van der Waals surface area contributed by atoms with Crippen molar-refractivity contribution in [2.24, 2.45) is 5.92 Å². The number of carbonyl (C=O) groups is 1. The Morgan fingerprint density at radius 1 is 1.21 bits per heavy atom. The Bertz CT molecular complexity index is 997. The fourth-order valence-corrected chi connectivity index (χ4v) is 4.41. The van der Waals surface area contributed by atoms with Crippen LogP contribution in [0.1, 0.15) is 54.7 Å². The SMILES string of the molecule is CCn1c(SCC(=O)c2cc(C)n(CCC(C)C)c2C)nnc1-c1ccoc1C. The van der Waals surface area contributed by atoms with Crippen molar-refractivity contribution in [3.63, 3.8) is 0 Å².